The number of methoxy groups -OCH3 is 1. The van der Waals surface area contributed by atoms with E-state index in [4.69, 9.17) is 4.74 Å². The van der Waals surface area contributed by atoms with Gasteiger partial charge in [-0.25, -0.2) is 0 Å². The van der Waals surface area contributed by atoms with E-state index in [0.29, 0.717) is 0 Å². The zero-order valence-electron chi connectivity index (χ0n) is 7.79. The number of aliphatic hydroxyl groups is 1. The molecule has 0 spiro atoms. The summed E-state index contributed by atoms with van der Waals surface area (Å²) >= 11 is 0. The van der Waals surface area contributed by atoms with Crippen molar-refractivity contribution < 1.29 is 9.84 Å². The van der Waals surface area contributed by atoms with Crippen LogP contribution in [0.1, 0.15) is 17.5 Å². The molecule has 2 rings (SSSR count). The monoisotopic (exact) mass is 178 g/mol. The second kappa shape index (κ2) is 3.38. The van der Waals surface area contributed by atoms with Crippen LogP contribution in [0.4, 0.5) is 0 Å². The smallest absolute Gasteiger partial charge is 0.122 e. The minimum atomic E-state index is -0.167. The summed E-state index contributed by atoms with van der Waals surface area (Å²) < 4.78 is 5.27. The summed E-state index contributed by atoms with van der Waals surface area (Å²) in [7, 11) is 1.70. The summed E-state index contributed by atoms with van der Waals surface area (Å²) in [6.07, 6.45) is 2.39. The van der Waals surface area contributed by atoms with Crippen molar-refractivity contribution in [2.45, 2.75) is 25.4 Å². The molecule has 2 nitrogen and oxygen atoms in total. The van der Waals surface area contributed by atoms with Gasteiger partial charge >= 0.3 is 0 Å². The fourth-order valence-corrected chi connectivity index (χ4v) is 1.94. The van der Waals surface area contributed by atoms with E-state index >= 15 is 0 Å². The Morgan fingerprint density at radius 3 is 3.08 bits per heavy atom. The molecule has 1 aliphatic rings. The van der Waals surface area contributed by atoms with Crippen LogP contribution in [0.2, 0.25) is 0 Å². The molecule has 0 radical (unpaired) electrons. The molecule has 0 aliphatic heterocycles. The molecule has 0 saturated heterocycles. The van der Waals surface area contributed by atoms with Gasteiger partial charge in [-0.3, -0.25) is 0 Å². The molecule has 0 unspecified atom stereocenters. The average molecular weight is 178 g/mol. The van der Waals surface area contributed by atoms with Crippen LogP contribution in [-0.4, -0.2) is 18.3 Å². The predicted molar refractivity (Wildman–Crippen MR) is 51.0 cm³/mol. The summed E-state index contributed by atoms with van der Waals surface area (Å²) in [6, 6.07) is 6.03. The minimum absolute atomic E-state index is 0.167. The zero-order valence-corrected chi connectivity index (χ0v) is 7.79. The van der Waals surface area contributed by atoms with Crippen molar-refractivity contribution in [2.75, 3.05) is 7.11 Å². The zero-order chi connectivity index (χ0) is 9.26. The molecule has 1 atom stereocenters. The largest absolute Gasteiger partial charge is 0.496 e. The van der Waals surface area contributed by atoms with Gasteiger partial charge in [-0.2, -0.15) is 0 Å². The Labute approximate surface area is 78.2 Å². The Kier molecular flexibility index (Phi) is 2.23. The highest BCUT2D eigenvalue weighted by Crippen LogP contribution is 2.29. The van der Waals surface area contributed by atoms with Gasteiger partial charge in [-0.05, 0) is 36.5 Å². The maximum atomic E-state index is 9.48. The van der Waals surface area contributed by atoms with E-state index in [9.17, 15) is 5.11 Å². The lowest BCUT2D eigenvalue weighted by Gasteiger charge is -2.22. The van der Waals surface area contributed by atoms with Crippen LogP contribution in [0.5, 0.6) is 5.75 Å². The van der Waals surface area contributed by atoms with E-state index < -0.39 is 0 Å². The Hall–Kier alpha value is -1.02. The summed E-state index contributed by atoms with van der Waals surface area (Å²) in [4.78, 5) is 0. The quantitative estimate of drug-likeness (QED) is 0.707. The van der Waals surface area contributed by atoms with Crippen molar-refractivity contribution in [3.05, 3.63) is 29.3 Å². The second-order valence-electron chi connectivity index (χ2n) is 3.49. The van der Waals surface area contributed by atoms with Gasteiger partial charge in [0, 0.05) is 0 Å². The number of hydrogen-bond donors (Lipinski definition) is 1. The standard InChI is InChI=1S/C11H14O2/c1-13-11-4-2-3-8-7-9(12)5-6-10(8)11/h2-4,9,12H,5-7H2,1H3/t9-/m0/s1. The molecule has 1 aliphatic carbocycles. The Bertz CT molecular complexity index is 307. The van der Waals surface area contributed by atoms with Gasteiger partial charge in [0.25, 0.3) is 0 Å². The van der Waals surface area contributed by atoms with Crippen LogP contribution in [0.25, 0.3) is 0 Å². The van der Waals surface area contributed by atoms with Crippen molar-refractivity contribution in [2.24, 2.45) is 0 Å². The van der Waals surface area contributed by atoms with Gasteiger partial charge in [-0.1, -0.05) is 12.1 Å². The molecule has 0 bridgehead atoms. The number of aliphatic hydroxyl groups excluding tert-OH is 1. The molecule has 0 amide bonds. The first-order chi connectivity index (χ1) is 6.31. The normalized spacial score (nSPS) is 20.9. The average Bonchev–Trinajstić information content (AvgIpc) is 2.16. The van der Waals surface area contributed by atoms with Gasteiger partial charge in [0.2, 0.25) is 0 Å². The first-order valence-electron chi connectivity index (χ1n) is 4.64. The summed E-state index contributed by atoms with van der Waals surface area (Å²) in [6.45, 7) is 0. The van der Waals surface area contributed by atoms with E-state index in [1.165, 1.54) is 11.1 Å². The highest BCUT2D eigenvalue weighted by atomic mass is 16.5. The molecule has 1 aromatic rings. The SMILES string of the molecule is COc1cccc2c1CC[C@H](O)C2. The van der Waals surface area contributed by atoms with Gasteiger partial charge in [-0.15, -0.1) is 0 Å². The molecule has 1 N–H and O–H groups in total. The van der Waals surface area contributed by atoms with E-state index in [0.717, 1.165) is 25.0 Å². The van der Waals surface area contributed by atoms with Crippen molar-refractivity contribution in [3.8, 4) is 5.75 Å². The summed E-state index contributed by atoms with van der Waals surface area (Å²) in [5.41, 5.74) is 2.51. The number of rotatable bonds is 1. The molecular formula is C11H14O2. The lowest BCUT2D eigenvalue weighted by Crippen LogP contribution is -2.18. The number of benzene rings is 1. The molecule has 0 heterocycles. The molecule has 0 saturated carbocycles. The van der Waals surface area contributed by atoms with Crippen molar-refractivity contribution in [1.29, 1.82) is 0 Å². The highest BCUT2D eigenvalue weighted by molar-refractivity contribution is 5.42. The molecule has 0 fully saturated rings. The number of fused-ring (bicyclic) bond motifs is 1. The van der Waals surface area contributed by atoms with Crippen LogP contribution < -0.4 is 4.74 Å². The second-order valence-corrected chi connectivity index (χ2v) is 3.49. The molecule has 2 heteroatoms. The van der Waals surface area contributed by atoms with Crippen molar-refractivity contribution in [3.63, 3.8) is 0 Å². The lowest BCUT2D eigenvalue weighted by molar-refractivity contribution is 0.158. The Balaban J connectivity index is 2.39. The third-order valence-corrected chi connectivity index (χ3v) is 2.63. The number of ether oxygens (including phenoxy) is 1. The van der Waals surface area contributed by atoms with Crippen molar-refractivity contribution in [1.82, 2.24) is 0 Å². The highest BCUT2D eigenvalue weighted by Gasteiger charge is 2.18. The minimum Gasteiger partial charge on any atom is -0.496 e. The third kappa shape index (κ3) is 1.54. The van der Waals surface area contributed by atoms with Gasteiger partial charge in [0.05, 0.1) is 13.2 Å². The first-order valence-corrected chi connectivity index (χ1v) is 4.64. The molecule has 0 aromatic heterocycles. The molecule has 70 valence electrons. The van der Waals surface area contributed by atoms with E-state index in [1.54, 1.807) is 7.11 Å². The Morgan fingerprint density at radius 2 is 2.31 bits per heavy atom. The van der Waals surface area contributed by atoms with Gasteiger partial charge < -0.3 is 9.84 Å². The van der Waals surface area contributed by atoms with E-state index in [2.05, 4.69) is 6.07 Å². The number of hydrogen-bond acceptors (Lipinski definition) is 2. The van der Waals surface area contributed by atoms with Crippen molar-refractivity contribution >= 4 is 0 Å². The summed E-state index contributed by atoms with van der Waals surface area (Å²) in [5, 5.41) is 9.48. The Morgan fingerprint density at radius 1 is 1.46 bits per heavy atom. The van der Waals surface area contributed by atoms with E-state index in [-0.39, 0.29) is 6.10 Å². The van der Waals surface area contributed by atoms with Crippen LogP contribution in [-0.2, 0) is 12.8 Å². The van der Waals surface area contributed by atoms with Crippen LogP contribution in [0.3, 0.4) is 0 Å². The van der Waals surface area contributed by atoms with Crippen LogP contribution >= 0.6 is 0 Å². The molecular weight excluding hydrogens is 164 g/mol. The van der Waals surface area contributed by atoms with Gasteiger partial charge in [0.15, 0.2) is 0 Å². The maximum Gasteiger partial charge on any atom is 0.122 e. The third-order valence-electron chi connectivity index (χ3n) is 2.63. The first kappa shape index (κ1) is 8.57. The fraction of sp³-hybridized carbons (Fsp3) is 0.455. The van der Waals surface area contributed by atoms with Gasteiger partial charge in [0.1, 0.15) is 5.75 Å². The topological polar surface area (TPSA) is 29.5 Å². The van der Waals surface area contributed by atoms with Crippen LogP contribution in [0, 0.1) is 0 Å². The molecule has 1 aromatic carbocycles. The predicted octanol–water partition coefficient (Wildman–Crippen LogP) is 1.54. The summed E-state index contributed by atoms with van der Waals surface area (Å²) in [5.74, 6) is 0.962. The maximum absolute atomic E-state index is 9.48. The van der Waals surface area contributed by atoms with Crippen LogP contribution in [0.15, 0.2) is 18.2 Å². The molecule has 13 heavy (non-hydrogen) atoms. The van der Waals surface area contributed by atoms with E-state index in [1.807, 2.05) is 12.1 Å². The lowest BCUT2D eigenvalue weighted by atomic mass is 9.89. The fourth-order valence-electron chi connectivity index (χ4n) is 1.94.